The first kappa shape index (κ1) is 19.1. The molecule has 1 aromatic carbocycles. The van der Waals surface area contributed by atoms with Gasteiger partial charge in [-0.3, -0.25) is 19.6 Å². The normalized spacial score (nSPS) is 11.8. The van der Waals surface area contributed by atoms with Crippen LogP contribution in [0, 0.1) is 24.0 Å². The molecule has 1 atom stereocenters. The van der Waals surface area contributed by atoms with Crippen molar-refractivity contribution < 1.29 is 14.5 Å². The van der Waals surface area contributed by atoms with Crippen LogP contribution in [0.25, 0.3) is 0 Å². The third kappa shape index (κ3) is 4.34. The number of benzene rings is 1. The van der Waals surface area contributed by atoms with Crippen LogP contribution in [0.1, 0.15) is 24.1 Å². The molecule has 0 aliphatic rings. The van der Waals surface area contributed by atoms with E-state index in [1.807, 2.05) is 32.0 Å². The summed E-state index contributed by atoms with van der Waals surface area (Å²) < 4.78 is 8.54. The largest absolute Gasteiger partial charge is 0.471 e. The van der Waals surface area contributed by atoms with Gasteiger partial charge in [-0.1, -0.05) is 17.7 Å². The Morgan fingerprint density at radius 3 is 2.75 bits per heavy atom. The molecule has 0 radical (unpaired) electrons. The average Bonchev–Trinajstić information content (AvgIpc) is 3.30. The molecule has 3 rings (SSSR count). The Labute approximate surface area is 160 Å². The lowest BCUT2D eigenvalue weighted by Gasteiger charge is -2.11. The molecule has 1 amide bonds. The summed E-state index contributed by atoms with van der Waals surface area (Å²) in [6, 6.07) is 5.19. The number of amides is 1. The number of rotatable bonds is 7. The molecule has 0 saturated carbocycles. The number of aromatic nitrogens is 4. The quantitative estimate of drug-likeness (QED) is 0.494. The molecule has 3 aromatic rings. The zero-order chi connectivity index (χ0) is 20.3. The Morgan fingerprint density at radius 1 is 1.29 bits per heavy atom. The number of carbonyl (C=O) groups excluding carboxylic acids is 1. The fourth-order valence-electron chi connectivity index (χ4n) is 2.60. The highest BCUT2D eigenvalue weighted by Gasteiger charge is 2.19. The van der Waals surface area contributed by atoms with Gasteiger partial charge in [0.25, 0.3) is 0 Å². The first-order valence-electron chi connectivity index (χ1n) is 8.55. The molecule has 0 fully saturated rings. The maximum Gasteiger partial charge on any atom is 0.307 e. The summed E-state index contributed by atoms with van der Waals surface area (Å²) in [5.41, 5.74) is 2.51. The van der Waals surface area contributed by atoms with Crippen LogP contribution in [0.2, 0.25) is 0 Å². The Kier molecular flexibility index (Phi) is 5.39. The lowest BCUT2D eigenvalue weighted by molar-refractivity contribution is -0.385. The molecule has 0 aliphatic heterocycles. The van der Waals surface area contributed by atoms with Crippen LogP contribution in [0.4, 0.5) is 11.4 Å². The molecule has 0 spiro atoms. The van der Waals surface area contributed by atoms with E-state index in [0.717, 1.165) is 23.1 Å². The van der Waals surface area contributed by atoms with Crippen LogP contribution in [0.15, 0.2) is 43.0 Å². The molecule has 2 heterocycles. The SMILES string of the molecule is Cc1ccc(OCn2cc(NC(=O)C(C)n3cc([N+](=O)[O-])cn3)cn2)c(C)c1. The summed E-state index contributed by atoms with van der Waals surface area (Å²) in [5.74, 6) is 0.397. The minimum atomic E-state index is -0.719. The van der Waals surface area contributed by atoms with E-state index in [-0.39, 0.29) is 18.3 Å². The van der Waals surface area contributed by atoms with Crippen molar-refractivity contribution in [1.82, 2.24) is 19.6 Å². The number of nitrogens with one attached hydrogen (secondary N) is 1. The summed E-state index contributed by atoms with van der Waals surface area (Å²) in [4.78, 5) is 22.5. The molecule has 1 N–H and O–H groups in total. The van der Waals surface area contributed by atoms with E-state index in [2.05, 4.69) is 15.5 Å². The van der Waals surface area contributed by atoms with Crippen molar-refractivity contribution in [2.45, 2.75) is 33.5 Å². The fourth-order valence-corrected chi connectivity index (χ4v) is 2.60. The highest BCUT2D eigenvalue weighted by atomic mass is 16.6. The zero-order valence-electron chi connectivity index (χ0n) is 15.7. The van der Waals surface area contributed by atoms with Crippen molar-refractivity contribution in [3.8, 4) is 5.75 Å². The van der Waals surface area contributed by atoms with Gasteiger partial charge < -0.3 is 10.1 Å². The highest BCUT2D eigenvalue weighted by molar-refractivity contribution is 5.93. The van der Waals surface area contributed by atoms with Gasteiger partial charge in [-0.2, -0.15) is 10.2 Å². The first-order valence-corrected chi connectivity index (χ1v) is 8.55. The van der Waals surface area contributed by atoms with Crippen molar-refractivity contribution in [3.63, 3.8) is 0 Å². The van der Waals surface area contributed by atoms with Gasteiger partial charge in [0.1, 0.15) is 24.2 Å². The van der Waals surface area contributed by atoms with E-state index in [4.69, 9.17) is 4.74 Å². The van der Waals surface area contributed by atoms with Crippen LogP contribution in [-0.4, -0.2) is 30.4 Å². The van der Waals surface area contributed by atoms with E-state index < -0.39 is 11.0 Å². The second-order valence-corrected chi connectivity index (χ2v) is 6.41. The van der Waals surface area contributed by atoms with Crippen LogP contribution < -0.4 is 10.1 Å². The highest BCUT2D eigenvalue weighted by Crippen LogP contribution is 2.19. The fraction of sp³-hybridized carbons (Fsp3) is 0.278. The lowest BCUT2D eigenvalue weighted by Crippen LogP contribution is -2.23. The van der Waals surface area contributed by atoms with Crippen LogP contribution in [-0.2, 0) is 11.5 Å². The Hall–Kier alpha value is -3.69. The van der Waals surface area contributed by atoms with Gasteiger partial charge in [0.15, 0.2) is 6.73 Å². The summed E-state index contributed by atoms with van der Waals surface area (Å²) in [5, 5.41) is 21.5. The summed E-state index contributed by atoms with van der Waals surface area (Å²) in [7, 11) is 0. The number of ether oxygens (including phenoxy) is 1. The minimum Gasteiger partial charge on any atom is -0.471 e. The van der Waals surface area contributed by atoms with Crippen molar-refractivity contribution in [2.75, 3.05) is 5.32 Å². The molecule has 0 aliphatic carbocycles. The molecule has 10 heteroatoms. The molecule has 0 saturated heterocycles. The molecule has 0 bridgehead atoms. The number of anilines is 1. The molecule has 28 heavy (non-hydrogen) atoms. The predicted molar refractivity (Wildman–Crippen MR) is 101 cm³/mol. The van der Waals surface area contributed by atoms with Gasteiger partial charge in [0, 0.05) is 0 Å². The molecule has 2 aromatic heterocycles. The number of nitrogens with zero attached hydrogens (tertiary/aromatic N) is 5. The molecule has 1 unspecified atom stereocenters. The minimum absolute atomic E-state index is 0.170. The van der Waals surface area contributed by atoms with E-state index in [9.17, 15) is 14.9 Å². The van der Waals surface area contributed by atoms with Crippen molar-refractivity contribution in [1.29, 1.82) is 0 Å². The number of hydrogen-bond acceptors (Lipinski definition) is 6. The summed E-state index contributed by atoms with van der Waals surface area (Å²) in [6.07, 6.45) is 5.46. The van der Waals surface area contributed by atoms with Gasteiger partial charge in [0.2, 0.25) is 5.91 Å². The molecule has 10 nitrogen and oxygen atoms in total. The Balaban J connectivity index is 1.58. The molecule has 146 valence electrons. The topological polar surface area (TPSA) is 117 Å². The van der Waals surface area contributed by atoms with E-state index in [1.165, 1.54) is 17.1 Å². The van der Waals surface area contributed by atoms with Gasteiger partial charge in [-0.15, -0.1) is 0 Å². The van der Waals surface area contributed by atoms with Crippen LogP contribution >= 0.6 is 0 Å². The van der Waals surface area contributed by atoms with Crippen molar-refractivity contribution in [2.24, 2.45) is 0 Å². The maximum absolute atomic E-state index is 12.3. The van der Waals surface area contributed by atoms with Gasteiger partial charge in [0.05, 0.1) is 23.0 Å². The summed E-state index contributed by atoms with van der Waals surface area (Å²) >= 11 is 0. The second-order valence-electron chi connectivity index (χ2n) is 6.41. The van der Waals surface area contributed by atoms with Gasteiger partial charge >= 0.3 is 5.69 Å². The smallest absolute Gasteiger partial charge is 0.307 e. The van der Waals surface area contributed by atoms with E-state index in [1.54, 1.807) is 17.8 Å². The van der Waals surface area contributed by atoms with Gasteiger partial charge in [-0.05, 0) is 32.4 Å². The zero-order valence-corrected chi connectivity index (χ0v) is 15.7. The number of carbonyl (C=O) groups is 1. The summed E-state index contributed by atoms with van der Waals surface area (Å²) in [6.45, 7) is 5.78. The Morgan fingerprint density at radius 2 is 2.07 bits per heavy atom. The lowest BCUT2D eigenvalue weighted by atomic mass is 10.1. The van der Waals surface area contributed by atoms with Crippen molar-refractivity contribution in [3.05, 3.63) is 64.2 Å². The standard InChI is InChI=1S/C18H20N6O4/c1-12-4-5-17(13(2)6-12)28-11-22-9-15(7-19-22)21-18(25)14(3)23-10-16(8-20-23)24(26)27/h4-10,14H,11H2,1-3H3,(H,21,25). The molecular weight excluding hydrogens is 364 g/mol. The second kappa shape index (κ2) is 7.91. The predicted octanol–water partition coefficient (Wildman–Crippen LogP) is 2.84. The van der Waals surface area contributed by atoms with Crippen LogP contribution in [0.3, 0.4) is 0 Å². The van der Waals surface area contributed by atoms with Crippen LogP contribution in [0.5, 0.6) is 5.75 Å². The number of hydrogen-bond donors (Lipinski definition) is 1. The average molecular weight is 384 g/mol. The van der Waals surface area contributed by atoms with Crippen molar-refractivity contribution >= 4 is 17.3 Å². The first-order chi connectivity index (χ1) is 13.3. The van der Waals surface area contributed by atoms with Gasteiger partial charge in [-0.25, -0.2) is 4.68 Å². The van der Waals surface area contributed by atoms with E-state index in [0.29, 0.717) is 5.69 Å². The number of aryl methyl sites for hydroxylation is 2. The third-order valence-electron chi connectivity index (χ3n) is 4.16. The maximum atomic E-state index is 12.3. The monoisotopic (exact) mass is 384 g/mol. The molecular formula is C18H20N6O4. The third-order valence-corrected chi connectivity index (χ3v) is 4.16. The Bertz CT molecular complexity index is 1010. The van der Waals surface area contributed by atoms with E-state index >= 15 is 0 Å². The number of nitro groups is 1.